The van der Waals surface area contributed by atoms with Crippen LogP contribution in [0.4, 0.5) is 24.5 Å². The second-order valence-corrected chi connectivity index (χ2v) is 3.07. The highest BCUT2D eigenvalue weighted by Crippen LogP contribution is 2.37. The molecule has 0 fully saturated rings. The number of hydrogen-bond donors (Lipinski definition) is 3. The van der Waals surface area contributed by atoms with Crippen LogP contribution in [-0.2, 0) is 12.6 Å². The topological polar surface area (TPSA) is 72.3 Å². The molecule has 0 amide bonds. The predicted octanol–water partition coefficient (Wildman–Crippen LogP) is 1.40. The molecule has 0 radical (unpaired) electrons. The van der Waals surface area contributed by atoms with E-state index in [1.54, 1.807) is 0 Å². The molecule has 0 heterocycles. The molecule has 1 aromatic carbocycles. The Bertz CT molecular complexity index is 363. The number of rotatable bonds is 2. The van der Waals surface area contributed by atoms with Crippen molar-refractivity contribution in [2.24, 2.45) is 0 Å². The maximum Gasteiger partial charge on any atom is 0.418 e. The third-order valence-electron chi connectivity index (χ3n) is 2.06. The van der Waals surface area contributed by atoms with Crippen LogP contribution < -0.4 is 11.5 Å². The smallest absolute Gasteiger partial charge is 0.397 e. The Morgan fingerprint density at radius 2 is 1.73 bits per heavy atom. The summed E-state index contributed by atoms with van der Waals surface area (Å²) >= 11 is 0. The first-order valence-electron chi connectivity index (χ1n) is 4.22. The zero-order valence-corrected chi connectivity index (χ0v) is 7.80. The molecule has 0 aromatic heterocycles. The van der Waals surface area contributed by atoms with Gasteiger partial charge in [0.15, 0.2) is 0 Å². The molecule has 1 aromatic rings. The van der Waals surface area contributed by atoms with Crippen molar-refractivity contribution in [1.29, 1.82) is 0 Å². The minimum atomic E-state index is -4.50. The van der Waals surface area contributed by atoms with Gasteiger partial charge in [-0.05, 0) is 18.1 Å². The fourth-order valence-corrected chi connectivity index (χ4v) is 1.27. The summed E-state index contributed by atoms with van der Waals surface area (Å²) in [4.78, 5) is 0. The lowest BCUT2D eigenvalue weighted by molar-refractivity contribution is -0.136. The van der Waals surface area contributed by atoms with Crippen molar-refractivity contribution in [2.45, 2.75) is 12.6 Å². The molecular weight excluding hydrogens is 209 g/mol. The molecule has 3 nitrogen and oxygen atoms in total. The van der Waals surface area contributed by atoms with Crippen LogP contribution in [0.2, 0.25) is 0 Å². The number of benzene rings is 1. The summed E-state index contributed by atoms with van der Waals surface area (Å²) in [5.41, 5.74) is 9.59. The number of hydrogen-bond acceptors (Lipinski definition) is 3. The van der Waals surface area contributed by atoms with E-state index in [1.807, 2.05) is 0 Å². The minimum absolute atomic E-state index is 0.112. The summed E-state index contributed by atoms with van der Waals surface area (Å²) in [5.74, 6) is 0. The fraction of sp³-hybridized carbons (Fsp3) is 0.333. The van der Waals surface area contributed by atoms with E-state index in [0.717, 1.165) is 6.07 Å². The van der Waals surface area contributed by atoms with E-state index in [4.69, 9.17) is 16.6 Å². The van der Waals surface area contributed by atoms with E-state index in [2.05, 4.69) is 0 Å². The van der Waals surface area contributed by atoms with Crippen molar-refractivity contribution in [2.75, 3.05) is 18.1 Å². The summed E-state index contributed by atoms with van der Waals surface area (Å²) in [6.07, 6.45) is -4.32. The number of alkyl halides is 3. The van der Waals surface area contributed by atoms with Crippen LogP contribution >= 0.6 is 0 Å². The molecule has 5 N–H and O–H groups in total. The van der Waals surface area contributed by atoms with Gasteiger partial charge in [0, 0.05) is 6.61 Å². The average molecular weight is 220 g/mol. The van der Waals surface area contributed by atoms with E-state index in [9.17, 15) is 13.2 Å². The highest BCUT2D eigenvalue weighted by atomic mass is 19.4. The van der Waals surface area contributed by atoms with Gasteiger partial charge >= 0.3 is 6.18 Å². The highest BCUT2D eigenvalue weighted by Gasteiger charge is 2.33. The van der Waals surface area contributed by atoms with Gasteiger partial charge in [0.25, 0.3) is 0 Å². The number of nitrogen functional groups attached to an aromatic ring is 2. The Morgan fingerprint density at radius 1 is 1.13 bits per heavy atom. The first-order chi connectivity index (χ1) is 6.88. The summed E-state index contributed by atoms with van der Waals surface area (Å²) in [6.45, 7) is -0.186. The Kier molecular flexibility index (Phi) is 3.09. The summed E-state index contributed by atoms with van der Waals surface area (Å²) in [6, 6.07) is 2.10. The van der Waals surface area contributed by atoms with Crippen molar-refractivity contribution in [3.63, 3.8) is 0 Å². The summed E-state index contributed by atoms with van der Waals surface area (Å²) in [5, 5.41) is 8.65. The van der Waals surface area contributed by atoms with Gasteiger partial charge < -0.3 is 16.6 Å². The molecule has 0 aliphatic heterocycles. The molecule has 0 saturated heterocycles. The Labute approximate surface area is 84.5 Å². The van der Waals surface area contributed by atoms with Crippen molar-refractivity contribution in [3.05, 3.63) is 23.3 Å². The second kappa shape index (κ2) is 3.98. The highest BCUT2D eigenvalue weighted by molar-refractivity contribution is 5.71. The predicted molar refractivity (Wildman–Crippen MR) is 51.1 cm³/mol. The Morgan fingerprint density at radius 3 is 2.20 bits per heavy atom. The molecule has 0 unspecified atom stereocenters. The first-order valence-corrected chi connectivity index (χ1v) is 4.22. The second-order valence-electron chi connectivity index (χ2n) is 3.07. The van der Waals surface area contributed by atoms with Crippen LogP contribution in [0.3, 0.4) is 0 Å². The largest absolute Gasteiger partial charge is 0.418 e. The number of anilines is 2. The molecule has 15 heavy (non-hydrogen) atoms. The molecule has 0 spiro atoms. The van der Waals surface area contributed by atoms with Gasteiger partial charge in [-0.1, -0.05) is 6.07 Å². The van der Waals surface area contributed by atoms with Crippen LogP contribution in [0.5, 0.6) is 0 Å². The molecule has 0 bridgehead atoms. The van der Waals surface area contributed by atoms with E-state index < -0.39 is 17.4 Å². The van der Waals surface area contributed by atoms with Crippen molar-refractivity contribution < 1.29 is 18.3 Å². The molecule has 0 atom stereocenters. The van der Waals surface area contributed by atoms with Gasteiger partial charge in [-0.3, -0.25) is 0 Å². The van der Waals surface area contributed by atoms with Gasteiger partial charge in [-0.15, -0.1) is 0 Å². The van der Waals surface area contributed by atoms with Crippen molar-refractivity contribution >= 4 is 11.4 Å². The van der Waals surface area contributed by atoms with E-state index in [1.165, 1.54) is 6.07 Å². The van der Waals surface area contributed by atoms with Gasteiger partial charge in [0.05, 0.1) is 16.9 Å². The fourth-order valence-electron chi connectivity index (χ4n) is 1.27. The van der Waals surface area contributed by atoms with E-state index in [-0.39, 0.29) is 18.7 Å². The van der Waals surface area contributed by atoms with E-state index >= 15 is 0 Å². The van der Waals surface area contributed by atoms with Gasteiger partial charge in [-0.25, -0.2) is 0 Å². The standard InChI is InChI=1S/C9H11F3N2O/c10-9(11,12)6-2-1-5(3-4-15)7(13)8(6)14/h1-2,15H,3-4,13-14H2. The average Bonchev–Trinajstić information content (AvgIpc) is 2.11. The first kappa shape index (κ1) is 11.6. The molecule has 0 saturated carbocycles. The molecule has 0 aliphatic rings. The summed E-state index contributed by atoms with van der Waals surface area (Å²) in [7, 11) is 0. The van der Waals surface area contributed by atoms with Crippen LogP contribution in [0.15, 0.2) is 12.1 Å². The van der Waals surface area contributed by atoms with Gasteiger partial charge in [0.2, 0.25) is 0 Å². The third kappa shape index (κ3) is 2.33. The molecular formula is C9H11F3N2O. The lowest BCUT2D eigenvalue weighted by Gasteiger charge is -2.14. The molecule has 6 heteroatoms. The lowest BCUT2D eigenvalue weighted by atomic mass is 10.0. The van der Waals surface area contributed by atoms with E-state index in [0.29, 0.717) is 5.56 Å². The van der Waals surface area contributed by atoms with Crippen LogP contribution in [0.1, 0.15) is 11.1 Å². The van der Waals surface area contributed by atoms with Crippen molar-refractivity contribution in [3.8, 4) is 0 Å². The number of aliphatic hydroxyl groups excluding tert-OH is 1. The number of halogens is 3. The lowest BCUT2D eigenvalue weighted by Crippen LogP contribution is -2.12. The monoisotopic (exact) mass is 220 g/mol. The number of nitrogens with two attached hydrogens (primary N) is 2. The maximum atomic E-state index is 12.4. The minimum Gasteiger partial charge on any atom is -0.397 e. The molecule has 1 rings (SSSR count). The quantitative estimate of drug-likeness (QED) is 0.660. The SMILES string of the molecule is Nc1c(CCO)ccc(C(F)(F)F)c1N. The van der Waals surface area contributed by atoms with Crippen LogP contribution in [-0.4, -0.2) is 11.7 Å². The normalized spacial score (nSPS) is 11.7. The Hall–Kier alpha value is -1.43. The molecule has 84 valence electrons. The number of aliphatic hydroxyl groups is 1. The third-order valence-corrected chi connectivity index (χ3v) is 2.06. The van der Waals surface area contributed by atoms with Gasteiger partial charge in [-0.2, -0.15) is 13.2 Å². The van der Waals surface area contributed by atoms with Crippen molar-refractivity contribution in [1.82, 2.24) is 0 Å². The zero-order chi connectivity index (χ0) is 11.6. The summed E-state index contributed by atoms with van der Waals surface area (Å²) < 4.78 is 37.1. The van der Waals surface area contributed by atoms with Crippen LogP contribution in [0.25, 0.3) is 0 Å². The molecule has 0 aliphatic carbocycles. The van der Waals surface area contributed by atoms with Gasteiger partial charge in [0.1, 0.15) is 0 Å². The maximum absolute atomic E-state index is 12.4. The van der Waals surface area contributed by atoms with Crippen LogP contribution in [0, 0.1) is 0 Å². The Balaban J connectivity index is 3.21. The zero-order valence-electron chi connectivity index (χ0n) is 7.80.